The molecule has 0 heterocycles. The number of carbonyl (C=O) groups is 2. The Labute approximate surface area is 72.3 Å². The molecule has 0 aliphatic heterocycles. The summed E-state index contributed by atoms with van der Waals surface area (Å²) in [6.07, 6.45) is -0.277. The lowest BCUT2D eigenvalue weighted by molar-refractivity contribution is -0.156. The van der Waals surface area contributed by atoms with Crippen LogP contribution in [0.5, 0.6) is 0 Å². The van der Waals surface area contributed by atoms with Crippen molar-refractivity contribution < 1.29 is 14.3 Å². The van der Waals surface area contributed by atoms with Gasteiger partial charge in [-0.05, 0) is 20.8 Å². The molecule has 0 spiro atoms. The van der Waals surface area contributed by atoms with Crippen LogP contribution in [0.3, 0.4) is 0 Å². The molecule has 0 unspecified atom stereocenters. The van der Waals surface area contributed by atoms with Crippen molar-refractivity contribution in [3.63, 3.8) is 0 Å². The molecular weight excluding hydrogens is 158 g/mol. The van der Waals surface area contributed by atoms with Crippen molar-refractivity contribution in [2.45, 2.75) is 32.8 Å². The monoisotopic (exact) mass is 172 g/mol. The maximum absolute atomic E-state index is 10.9. The first-order valence-electron chi connectivity index (χ1n) is 3.63. The highest BCUT2D eigenvalue weighted by Gasteiger charge is 2.17. The summed E-state index contributed by atoms with van der Waals surface area (Å²) in [6.45, 7) is 5.23. The van der Waals surface area contributed by atoms with E-state index in [0.717, 1.165) is 0 Å². The standard InChI is InChI=1S/C8H14NO3/c1-8(2,3)12-7(11)5-6(10)9-4/h4-5H2,1-3H3,(H,9,10). The average Bonchev–Trinajstić information content (AvgIpc) is 1.82. The second kappa shape index (κ2) is 4.09. The molecule has 0 aromatic rings. The van der Waals surface area contributed by atoms with Gasteiger partial charge in [0, 0.05) is 7.05 Å². The SMILES string of the molecule is [CH2]NC(=O)CC(=O)OC(C)(C)C. The summed E-state index contributed by atoms with van der Waals surface area (Å²) in [5.41, 5.74) is -0.543. The van der Waals surface area contributed by atoms with E-state index in [1.54, 1.807) is 20.8 Å². The van der Waals surface area contributed by atoms with Crippen molar-refractivity contribution in [3.8, 4) is 0 Å². The first-order valence-corrected chi connectivity index (χ1v) is 3.63. The number of amides is 1. The zero-order chi connectivity index (χ0) is 9.78. The van der Waals surface area contributed by atoms with Crippen LogP contribution in [0.2, 0.25) is 0 Å². The summed E-state index contributed by atoms with van der Waals surface area (Å²) in [6, 6.07) is 0. The summed E-state index contributed by atoms with van der Waals surface area (Å²) in [4.78, 5) is 21.6. The van der Waals surface area contributed by atoms with Gasteiger partial charge < -0.3 is 10.1 Å². The number of rotatable bonds is 2. The molecule has 69 valence electrons. The minimum Gasteiger partial charge on any atom is -0.460 e. The Morgan fingerprint density at radius 2 is 1.92 bits per heavy atom. The highest BCUT2D eigenvalue weighted by Crippen LogP contribution is 2.07. The van der Waals surface area contributed by atoms with E-state index in [1.165, 1.54) is 0 Å². The van der Waals surface area contributed by atoms with Crippen LogP contribution >= 0.6 is 0 Å². The Morgan fingerprint density at radius 3 is 2.25 bits per heavy atom. The van der Waals surface area contributed by atoms with Crippen LogP contribution in [0.4, 0.5) is 0 Å². The van der Waals surface area contributed by atoms with Gasteiger partial charge in [-0.2, -0.15) is 0 Å². The van der Waals surface area contributed by atoms with Crippen LogP contribution < -0.4 is 5.32 Å². The summed E-state index contributed by atoms with van der Waals surface area (Å²) in [5.74, 6) is -0.979. The number of hydrogen-bond donors (Lipinski definition) is 1. The highest BCUT2D eigenvalue weighted by atomic mass is 16.6. The molecule has 0 bridgehead atoms. The van der Waals surface area contributed by atoms with Gasteiger partial charge in [-0.1, -0.05) is 0 Å². The molecule has 0 aliphatic rings. The molecule has 1 radical (unpaired) electrons. The Balaban J connectivity index is 3.83. The van der Waals surface area contributed by atoms with Crippen LogP contribution in [-0.4, -0.2) is 17.5 Å². The van der Waals surface area contributed by atoms with Gasteiger partial charge in [0.2, 0.25) is 5.91 Å². The third-order valence-electron chi connectivity index (χ3n) is 0.922. The maximum atomic E-state index is 10.9. The van der Waals surface area contributed by atoms with Crippen molar-refractivity contribution in [2.75, 3.05) is 0 Å². The molecule has 0 aromatic carbocycles. The van der Waals surface area contributed by atoms with Crippen molar-refractivity contribution in [2.24, 2.45) is 0 Å². The predicted octanol–water partition coefficient (Wildman–Crippen LogP) is 0.626. The van der Waals surface area contributed by atoms with Crippen molar-refractivity contribution in [1.29, 1.82) is 0 Å². The van der Waals surface area contributed by atoms with E-state index in [9.17, 15) is 9.59 Å². The highest BCUT2D eigenvalue weighted by molar-refractivity contribution is 5.94. The molecule has 0 saturated carbocycles. The zero-order valence-electron chi connectivity index (χ0n) is 7.64. The fourth-order valence-electron chi connectivity index (χ4n) is 0.571. The lowest BCUT2D eigenvalue weighted by Crippen LogP contribution is -2.28. The molecule has 0 aliphatic carbocycles. The molecule has 4 nitrogen and oxygen atoms in total. The predicted molar refractivity (Wildman–Crippen MR) is 44.0 cm³/mol. The van der Waals surface area contributed by atoms with Crippen LogP contribution in [0.15, 0.2) is 0 Å². The van der Waals surface area contributed by atoms with Crippen LogP contribution in [-0.2, 0) is 14.3 Å². The molecular formula is C8H14NO3. The maximum Gasteiger partial charge on any atom is 0.315 e. The van der Waals surface area contributed by atoms with E-state index in [4.69, 9.17) is 4.74 Å². The van der Waals surface area contributed by atoms with Gasteiger partial charge in [0.15, 0.2) is 0 Å². The normalized spacial score (nSPS) is 10.7. The fraction of sp³-hybridized carbons (Fsp3) is 0.625. The lowest BCUT2D eigenvalue weighted by Gasteiger charge is -2.18. The molecule has 0 atom stereocenters. The number of esters is 1. The van der Waals surface area contributed by atoms with Crippen molar-refractivity contribution in [1.82, 2.24) is 5.32 Å². The lowest BCUT2D eigenvalue weighted by atomic mass is 10.2. The van der Waals surface area contributed by atoms with E-state index >= 15 is 0 Å². The Morgan fingerprint density at radius 1 is 1.42 bits per heavy atom. The summed E-state index contributed by atoms with van der Waals surface area (Å²) in [5, 5.41) is 2.09. The molecule has 1 N–H and O–H groups in total. The first kappa shape index (κ1) is 10.9. The summed E-state index contributed by atoms with van der Waals surface area (Å²) < 4.78 is 4.88. The smallest absolute Gasteiger partial charge is 0.315 e. The third-order valence-corrected chi connectivity index (χ3v) is 0.922. The number of hydrogen-bond acceptors (Lipinski definition) is 3. The zero-order valence-corrected chi connectivity index (χ0v) is 7.64. The van der Waals surface area contributed by atoms with Gasteiger partial charge in [0.05, 0.1) is 0 Å². The second-order valence-corrected chi connectivity index (χ2v) is 3.36. The van der Waals surface area contributed by atoms with Gasteiger partial charge in [-0.15, -0.1) is 0 Å². The van der Waals surface area contributed by atoms with E-state index in [0.29, 0.717) is 0 Å². The van der Waals surface area contributed by atoms with Crippen molar-refractivity contribution in [3.05, 3.63) is 7.05 Å². The van der Waals surface area contributed by atoms with Gasteiger partial charge in [0.25, 0.3) is 0 Å². The second-order valence-electron chi connectivity index (χ2n) is 3.36. The van der Waals surface area contributed by atoms with Gasteiger partial charge >= 0.3 is 5.97 Å². The number of carbonyl (C=O) groups excluding carboxylic acids is 2. The summed E-state index contributed by atoms with van der Waals surface area (Å²) in [7, 11) is 3.13. The molecule has 0 saturated heterocycles. The van der Waals surface area contributed by atoms with E-state index < -0.39 is 17.5 Å². The quantitative estimate of drug-likeness (QED) is 0.491. The average molecular weight is 172 g/mol. The van der Waals surface area contributed by atoms with Gasteiger partial charge in [0.1, 0.15) is 12.0 Å². The molecule has 0 aromatic heterocycles. The van der Waals surface area contributed by atoms with Crippen molar-refractivity contribution >= 4 is 11.9 Å². The largest absolute Gasteiger partial charge is 0.460 e. The minimum atomic E-state index is -0.543. The van der Waals surface area contributed by atoms with E-state index in [1.807, 2.05) is 0 Å². The molecule has 0 fully saturated rings. The Hall–Kier alpha value is -1.06. The fourth-order valence-corrected chi connectivity index (χ4v) is 0.571. The van der Waals surface area contributed by atoms with Gasteiger partial charge in [-0.3, -0.25) is 9.59 Å². The van der Waals surface area contributed by atoms with Crippen LogP contribution in [0, 0.1) is 7.05 Å². The van der Waals surface area contributed by atoms with E-state index in [-0.39, 0.29) is 6.42 Å². The molecule has 4 heteroatoms. The Bertz CT molecular complexity index is 181. The Kier molecular flexibility index (Phi) is 3.73. The molecule has 1 amide bonds. The van der Waals surface area contributed by atoms with Gasteiger partial charge in [-0.25, -0.2) is 0 Å². The first-order chi connectivity index (χ1) is 5.35. The molecule has 0 rings (SSSR count). The molecule has 12 heavy (non-hydrogen) atoms. The topological polar surface area (TPSA) is 55.4 Å². The van der Waals surface area contributed by atoms with E-state index in [2.05, 4.69) is 12.4 Å². The number of nitrogens with one attached hydrogen (secondary N) is 1. The minimum absolute atomic E-state index is 0.277. The summed E-state index contributed by atoms with van der Waals surface area (Å²) >= 11 is 0. The number of ether oxygens (including phenoxy) is 1. The van der Waals surface area contributed by atoms with Crippen LogP contribution in [0.1, 0.15) is 27.2 Å². The van der Waals surface area contributed by atoms with Crippen LogP contribution in [0.25, 0.3) is 0 Å². The third kappa shape index (κ3) is 5.70.